The first-order valence-corrected chi connectivity index (χ1v) is 5.92. The average Bonchev–Trinajstić information content (AvgIpc) is 2.19. The van der Waals surface area contributed by atoms with Crippen molar-refractivity contribution >= 4 is 22.4 Å². The van der Waals surface area contributed by atoms with E-state index in [4.69, 9.17) is 5.73 Å². The summed E-state index contributed by atoms with van der Waals surface area (Å²) in [5.41, 5.74) is 5.53. The number of hydrogen-bond acceptors (Lipinski definition) is 5. The van der Waals surface area contributed by atoms with Gasteiger partial charge in [-0.05, 0) is 0 Å². The van der Waals surface area contributed by atoms with Crippen LogP contribution in [0.1, 0.15) is 0 Å². The van der Waals surface area contributed by atoms with Crippen LogP contribution in [0.25, 0.3) is 0 Å². The van der Waals surface area contributed by atoms with Crippen LogP contribution in [0, 0.1) is 0 Å². The van der Waals surface area contributed by atoms with Crippen LogP contribution < -0.4 is 10.6 Å². The number of aromatic nitrogens is 2. The molecule has 1 aromatic rings. The predicted molar refractivity (Wildman–Crippen MR) is 56.5 cm³/mol. The molecule has 0 aromatic carbocycles. The van der Waals surface area contributed by atoms with Gasteiger partial charge in [-0.3, -0.25) is 9.19 Å². The Hall–Kier alpha value is -1.17. The lowest BCUT2D eigenvalue weighted by Gasteiger charge is -2.26. The molecule has 2 heterocycles. The van der Waals surface area contributed by atoms with E-state index in [1.807, 2.05) is 0 Å². The van der Waals surface area contributed by atoms with E-state index in [2.05, 4.69) is 14.9 Å². The lowest BCUT2D eigenvalue weighted by Crippen LogP contribution is -2.38. The van der Waals surface area contributed by atoms with Gasteiger partial charge in [0.2, 0.25) is 0 Å². The largest absolute Gasteiger partial charge is 0.382 e. The van der Waals surface area contributed by atoms with Gasteiger partial charge < -0.3 is 10.6 Å². The third kappa shape index (κ3) is 2.01. The van der Waals surface area contributed by atoms with Crippen molar-refractivity contribution in [2.24, 2.45) is 0 Å². The first kappa shape index (κ1) is 9.39. The molecule has 76 valence electrons. The van der Waals surface area contributed by atoms with Crippen molar-refractivity contribution in [2.75, 3.05) is 35.2 Å². The second-order valence-corrected chi connectivity index (χ2v) is 4.83. The summed E-state index contributed by atoms with van der Waals surface area (Å²) < 4.78 is 11.1. The van der Waals surface area contributed by atoms with E-state index < -0.39 is 10.8 Å². The maximum atomic E-state index is 11.1. The second kappa shape index (κ2) is 3.91. The van der Waals surface area contributed by atoms with Crippen molar-refractivity contribution in [1.82, 2.24) is 9.97 Å². The van der Waals surface area contributed by atoms with Gasteiger partial charge in [0.25, 0.3) is 0 Å². The lowest BCUT2D eigenvalue weighted by molar-refractivity contribution is 0.672. The topological polar surface area (TPSA) is 72.1 Å². The molecule has 1 aliphatic heterocycles. The Bertz CT molecular complexity index is 347. The molecular formula is C8H12N4OS. The molecule has 5 nitrogen and oxygen atoms in total. The standard InChI is InChI=1S/C8H12N4OS/c9-7-5-10-6-8(11-7)12-1-3-14(13)4-2-12/h5-6H,1-4H2,(H2,9,11). The fourth-order valence-electron chi connectivity index (χ4n) is 1.39. The molecule has 0 amide bonds. The van der Waals surface area contributed by atoms with E-state index in [-0.39, 0.29) is 0 Å². The maximum Gasteiger partial charge on any atom is 0.149 e. The summed E-state index contributed by atoms with van der Waals surface area (Å²) in [4.78, 5) is 10.2. The summed E-state index contributed by atoms with van der Waals surface area (Å²) in [6.45, 7) is 1.54. The van der Waals surface area contributed by atoms with Crippen molar-refractivity contribution in [3.8, 4) is 0 Å². The molecule has 14 heavy (non-hydrogen) atoms. The SMILES string of the molecule is Nc1cncc(N2CCS(=O)CC2)n1. The molecule has 0 spiro atoms. The Kier molecular flexibility index (Phi) is 2.62. The van der Waals surface area contributed by atoms with Crippen LogP contribution in [0.3, 0.4) is 0 Å². The van der Waals surface area contributed by atoms with Gasteiger partial charge in [0, 0.05) is 35.4 Å². The maximum absolute atomic E-state index is 11.1. The predicted octanol–water partition coefficient (Wildman–Crippen LogP) is -0.373. The Balaban J connectivity index is 2.12. The summed E-state index contributed by atoms with van der Waals surface area (Å²) in [5, 5.41) is 0. The average molecular weight is 212 g/mol. The summed E-state index contributed by atoms with van der Waals surface area (Å²) in [7, 11) is -0.661. The van der Waals surface area contributed by atoms with Crippen LogP contribution in [-0.4, -0.2) is 38.8 Å². The number of anilines is 2. The first-order valence-electron chi connectivity index (χ1n) is 4.43. The number of nitrogens with two attached hydrogens (primary N) is 1. The third-order valence-electron chi connectivity index (χ3n) is 2.14. The van der Waals surface area contributed by atoms with Crippen LogP contribution in [0.2, 0.25) is 0 Å². The van der Waals surface area contributed by atoms with Crippen LogP contribution in [0.15, 0.2) is 12.4 Å². The fraction of sp³-hybridized carbons (Fsp3) is 0.500. The van der Waals surface area contributed by atoms with Crippen molar-refractivity contribution in [1.29, 1.82) is 0 Å². The number of nitrogen functional groups attached to an aromatic ring is 1. The van der Waals surface area contributed by atoms with Gasteiger partial charge in [0.1, 0.15) is 11.6 Å². The summed E-state index contributed by atoms with van der Waals surface area (Å²) in [6, 6.07) is 0. The van der Waals surface area contributed by atoms with Crippen molar-refractivity contribution < 1.29 is 4.21 Å². The minimum atomic E-state index is -0.661. The smallest absolute Gasteiger partial charge is 0.149 e. The zero-order valence-electron chi connectivity index (χ0n) is 7.72. The van der Waals surface area contributed by atoms with E-state index >= 15 is 0 Å². The molecule has 1 saturated heterocycles. The summed E-state index contributed by atoms with van der Waals surface area (Å²) in [5.74, 6) is 2.61. The molecule has 0 bridgehead atoms. The molecule has 1 aliphatic rings. The lowest BCUT2D eigenvalue weighted by atomic mass is 10.4. The Morgan fingerprint density at radius 2 is 2.07 bits per heavy atom. The molecule has 0 atom stereocenters. The number of rotatable bonds is 1. The molecular weight excluding hydrogens is 200 g/mol. The van der Waals surface area contributed by atoms with Crippen molar-refractivity contribution in [3.05, 3.63) is 12.4 Å². The van der Waals surface area contributed by atoms with E-state index in [0.29, 0.717) is 17.3 Å². The molecule has 0 unspecified atom stereocenters. The van der Waals surface area contributed by atoms with Gasteiger partial charge in [-0.1, -0.05) is 0 Å². The third-order valence-corrected chi connectivity index (χ3v) is 3.42. The van der Waals surface area contributed by atoms with Crippen LogP contribution in [0.4, 0.5) is 11.6 Å². The highest BCUT2D eigenvalue weighted by Crippen LogP contribution is 2.12. The highest BCUT2D eigenvalue weighted by molar-refractivity contribution is 7.85. The monoisotopic (exact) mass is 212 g/mol. The van der Waals surface area contributed by atoms with E-state index in [1.165, 1.54) is 6.20 Å². The van der Waals surface area contributed by atoms with E-state index in [9.17, 15) is 4.21 Å². The van der Waals surface area contributed by atoms with Gasteiger partial charge in [-0.15, -0.1) is 0 Å². The molecule has 0 saturated carbocycles. The molecule has 1 aromatic heterocycles. The molecule has 6 heteroatoms. The zero-order valence-corrected chi connectivity index (χ0v) is 8.54. The molecule has 0 aliphatic carbocycles. The fourth-order valence-corrected chi connectivity index (χ4v) is 2.44. The zero-order chi connectivity index (χ0) is 9.97. The normalized spacial score (nSPS) is 18.4. The van der Waals surface area contributed by atoms with E-state index in [0.717, 1.165) is 18.9 Å². The highest BCUT2D eigenvalue weighted by atomic mass is 32.2. The van der Waals surface area contributed by atoms with Crippen molar-refractivity contribution in [2.45, 2.75) is 0 Å². The van der Waals surface area contributed by atoms with Gasteiger partial charge >= 0.3 is 0 Å². The van der Waals surface area contributed by atoms with Crippen molar-refractivity contribution in [3.63, 3.8) is 0 Å². The van der Waals surface area contributed by atoms with E-state index in [1.54, 1.807) is 6.20 Å². The van der Waals surface area contributed by atoms with Gasteiger partial charge in [-0.25, -0.2) is 4.98 Å². The molecule has 1 fully saturated rings. The first-order chi connectivity index (χ1) is 6.75. The number of nitrogens with zero attached hydrogens (tertiary/aromatic N) is 3. The minimum absolute atomic E-state index is 0.425. The van der Waals surface area contributed by atoms with Gasteiger partial charge in [0.05, 0.1) is 12.4 Å². The second-order valence-electron chi connectivity index (χ2n) is 3.14. The quantitative estimate of drug-likeness (QED) is 0.687. The molecule has 2 N–H and O–H groups in total. The Labute approximate surface area is 84.8 Å². The van der Waals surface area contributed by atoms with Crippen LogP contribution in [0.5, 0.6) is 0 Å². The highest BCUT2D eigenvalue weighted by Gasteiger charge is 2.16. The Morgan fingerprint density at radius 1 is 1.36 bits per heavy atom. The number of hydrogen-bond donors (Lipinski definition) is 1. The minimum Gasteiger partial charge on any atom is -0.382 e. The van der Waals surface area contributed by atoms with Gasteiger partial charge in [-0.2, -0.15) is 0 Å². The van der Waals surface area contributed by atoms with Crippen LogP contribution >= 0.6 is 0 Å². The van der Waals surface area contributed by atoms with Crippen LogP contribution in [-0.2, 0) is 10.8 Å². The van der Waals surface area contributed by atoms with Gasteiger partial charge in [0.15, 0.2) is 0 Å². The summed E-state index contributed by atoms with van der Waals surface area (Å²) in [6.07, 6.45) is 3.20. The summed E-state index contributed by atoms with van der Waals surface area (Å²) >= 11 is 0. The molecule has 0 radical (unpaired) electrons. The molecule has 2 rings (SSSR count). The Morgan fingerprint density at radius 3 is 2.71 bits per heavy atom.